The molecule has 0 spiro atoms. The van der Waals surface area contributed by atoms with E-state index >= 15 is 0 Å². The third-order valence-corrected chi connectivity index (χ3v) is 3.67. The summed E-state index contributed by atoms with van der Waals surface area (Å²) in [4.78, 5) is 14.3. The number of carboxylic acid groups (broad SMARTS) is 1. The van der Waals surface area contributed by atoms with E-state index in [9.17, 15) is 9.90 Å². The van der Waals surface area contributed by atoms with Crippen LogP contribution in [-0.2, 0) is 4.79 Å². The molecule has 4 nitrogen and oxygen atoms in total. The number of aromatic amines is 1. The number of hydrogen-bond donors (Lipinski definition) is 3. The van der Waals surface area contributed by atoms with Crippen LogP contribution in [0.4, 0.5) is 0 Å². The van der Waals surface area contributed by atoms with Gasteiger partial charge in [-0.3, -0.25) is 10.1 Å². The van der Waals surface area contributed by atoms with Gasteiger partial charge in [-0.2, -0.15) is 0 Å². The van der Waals surface area contributed by atoms with Gasteiger partial charge in [0.2, 0.25) is 0 Å². The van der Waals surface area contributed by atoms with Gasteiger partial charge in [0.05, 0.1) is 0 Å². The standard InChI is InChI=1S/C13H20N2O2/c1-9-5-2-3-6-10(9)15-12(13(16)17)11-7-4-8-14-11/h4,7-10,12,14-15H,2-3,5-6H2,1H3,(H,16,17). The monoisotopic (exact) mass is 236 g/mol. The smallest absolute Gasteiger partial charge is 0.326 e. The van der Waals surface area contributed by atoms with E-state index in [1.54, 1.807) is 6.20 Å². The van der Waals surface area contributed by atoms with Gasteiger partial charge in [0, 0.05) is 17.9 Å². The van der Waals surface area contributed by atoms with Gasteiger partial charge < -0.3 is 10.1 Å². The van der Waals surface area contributed by atoms with E-state index in [4.69, 9.17) is 0 Å². The van der Waals surface area contributed by atoms with Gasteiger partial charge in [0.1, 0.15) is 6.04 Å². The lowest BCUT2D eigenvalue weighted by Crippen LogP contribution is -2.42. The Kier molecular flexibility index (Phi) is 3.84. The average Bonchev–Trinajstić information content (AvgIpc) is 2.81. The zero-order valence-electron chi connectivity index (χ0n) is 10.1. The first-order valence-corrected chi connectivity index (χ1v) is 6.30. The molecule has 3 N–H and O–H groups in total. The van der Waals surface area contributed by atoms with Gasteiger partial charge in [-0.1, -0.05) is 19.8 Å². The van der Waals surface area contributed by atoms with Crippen molar-refractivity contribution in [3.8, 4) is 0 Å². The normalized spacial score (nSPS) is 26.6. The molecule has 0 radical (unpaired) electrons. The molecular weight excluding hydrogens is 216 g/mol. The van der Waals surface area contributed by atoms with Crippen LogP contribution in [0.5, 0.6) is 0 Å². The third kappa shape index (κ3) is 2.88. The fourth-order valence-corrected chi connectivity index (χ4v) is 2.60. The minimum atomic E-state index is -0.815. The summed E-state index contributed by atoms with van der Waals surface area (Å²) in [6.07, 6.45) is 6.48. The average molecular weight is 236 g/mol. The summed E-state index contributed by atoms with van der Waals surface area (Å²) < 4.78 is 0. The SMILES string of the molecule is CC1CCCCC1NC(C(=O)O)c1ccc[nH]1. The highest BCUT2D eigenvalue weighted by Crippen LogP contribution is 2.26. The highest BCUT2D eigenvalue weighted by Gasteiger charge is 2.28. The van der Waals surface area contributed by atoms with Crippen molar-refractivity contribution in [2.45, 2.75) is 44.7 Å². The first kappa shape index (κ1) is 12.2. The van der Waals surface area contributed by atoms with Gasteiger partial charge >= 0.3 is 5.97 Å². The second-order valence-electron chi connectivity index (χ2n) is 4.93. The molecule has 1 saturated carbocycles. The van der Waals surface area contributed by atoms with E-state index in [2.05, 4.69) is 17.2 Å². The van der Waals surface area contributed by atoms with Crippen LogP contribution in [0, 0.1) is 5.92 Å². The molecule has 3 unspecified atom stereocenters. The molecule has 17 heavy (non-hydrogen) atoms. The number of H-pyrrole nitrogens is 1. The zero-order chi connectivity index (χ0) is 12.3. The quantitative estimate of drug-likeness (QED) is 0.751. The highest BCUT2D eigenvalue weighted by molar-refractivity contribution is 5.74. The second kappa shape index (κ2) is 5.36. The molecule has 3 atom stereocenters. The minimum Gasteiger partial charge on any atom is -0.480 e. The summed E-state index contributed by atoms with van der Waals surface area (Å²) >= 11 is 0. The topological polar surface area (TPSA) is 65.1 Å². The van der Waals surface area contributed by atoms with Crippen LogP contribution >= 0.6 is 0 Å². The van der Waals surface area contributed by atoms with Crippen LogP contribution in [0.1, 0.15) is 44.3 Å². The van der Waals surface area contributed by atoms with Crippen molar-refractivity contribution < 1.29 is 9.90 Å². The fourth-order valence-electron chi connectivity index (χ4n) is 2.60. The molecule has 1 heterocycles. The van der Waals surface area contributed by atoms with E-state index in [0.717, 1.165) is 12.1 Å². The van der Waals surface area contributed by atoms with Crippen LogP contribution in [0.3, 0.4) is 0 Å². The largest absolute Gasteiger partial charge is 0.480 e. The molecule has 0 saturated heterocycles. The Morgan fingerprint density at radius 1 is 1.53 bits per heavy atom. The van der Waals surface area contributed by atoms with Crippen LogP contribution in [0.25, 0.3) is 0 Å². The van der Waals surface area contributed by atoms with Crippen LogP contribution in [0.2, 0.25) is 0 Å². The number of carbonyl (C=O) groups is 1. The molecule has 0 aromatic carbocycles. The van der Waals surface area contributed by atoms with Crippen molar-refractivity contribution in [3.63, 3.8) is 0 Å². The molecule has 1 fully saturated rings. The first-order chi connectivity index (χ1) is 8.18. The summed E-state index contributed by atoms with van der Waals surface area (Å²) in [5, 5.41) is 12.6. The Hall–Kier alpha value is -1.29. The molecule has 0 bridgehead atoms. The maximum atomic E-state index is 11.3. The molecule has 1 aliphatic carbocycles. The Morgan fingerprint density at radius 3 is 2.88 bits per heavy atom. The van der Waals surface area contributed by atoms with Crippen molar-refractivity contribution in [2.24, 2.45) is 5.92 Å². The summed E-state index contributed by atoms with van der Waals surface area (Å²) in [5.41, 5.74) is 0.732. The molecule has 94 valence electrons. The van der Waals surface area contributed by atoms with Crippen molar-refractivity contribution in [1.29, 1.82) is 0 Å². The Bertz CT molecular complexity index is 362. The van der Waals surface area contributed by atoms with Gasteiger partial charge in [-0.05, 0) is 30.9 Å². The molecule has 0 aliphatic heterocycles. The van der Waals surface area contributed by atoms with Gasteiger partial charge in [0.25, 0.3) is 0 Å². The Morgan fingerprint density at radius 2 is 2.29 bits per heavy atom. The zero-order valence-corrected chi connectivity index (χ0v) is 10.1. The molecule has 4 heteroatoms. The van der Waals surface area contributed by atoms with Crippen LogP contribution in [-0.4, -0.2) is 22.1 Å². The van der Waals surface area contributed by atoms with E-state index in [1.807, 2.05) is 12.1 Å². The number of aliphatic carboxylic acids is 1. The maximum Gasteiger partial charge on any atom is 0.326 e. The van der Waals surface area contributed by atoms with Gasteiger partial charge in [-0.15, -0.1) is 0 Å². The predicted octanol–water partition coefficient (Wildman–Crippen LogP) is 2.31. The lowest BCUT2D eigenvalue weighted by Gasteiger charge is -2.31. The summed E-state index contributed by atoms with van der Waals surface area (Å²) in [7, 11) is 0. The molecule has 2 rings (SSSR count). The third-order valence-electron chi connectivity index (χ3n) is 3.67. The van der Waals surface area contributed by atoms with Crippen molar-refractivity contribution >= 4 is 5.97 Å². The first-order valence-electron chi connectivity index (χ1n) is 6.30. The molecule has 1 aliphatic rings. The summed E-state index contributed by atoms with van der Waals surface area (Å²) in [6.45, 7) is 2.20. The summed E-state index contributed by atoms with van der Waals surface area (Å²) in [6, 6.07) is 3.35. The van der Waals surface area contributed by atoms with E-state index in [0.29, 0.717) is 12.0 Å². The molecule has 1 aromatic heterocycles. The lowest BCUT2D eigenvalue weighted by molar-refractivity contribution is -0.140. The highest BCUT2D eigenvalue weighted by atomic mass is 16.4. The minimum absolute atomic E-state index is 0.313. The van der Waals surface area contributed by atoms with Gasteiger partial charge in [0.15, 0.2) is 0 Å². The van der Waals surface area contributed by atoms with E-state index < -0.39 is 12.0 Å². The number of aromatic nitrogens is 1. The Balaban J connectivity index is 2.05. The number of nitrogens with one attached hydrogen (secondary N) is 2. The number of carboxylic acids is 1. The molecular formula is C13H20N2O2. The van der Waals surface area contributed by atoms with Crippen molar-refractivity contribution in [3.05, 3.63) is 24.0 Å². The van der Waals surface area contributed by atoms with Crippen LogP contribution in [0.15, 0.2) is 18.3 Å². The van der Waals surface area contributed by atoms with Crippen LogP contribution < -0.4 is 5.32 Å². The number of rotatable bonds is 4. The van der Waals surface area contributed by atoms with Gasteiger partial charge in [-0.25, -0.2) is 0 Å². The van der Waals surface area contributed by atoms with E-state index in [-0.39, 0.29) is 0 Å². The Labute approximate surface area is 101 Å². The van der Waals surface area contributed by atoms with E-state index in [1.165, 1.54) is 19.3 Å². The van der Waals surface area contributed by atoms with Crippen molar-refractivity contribution in [2.75, 3.05) is 0 Å². The molecule has 1 aromatic rings. The van der Waals surface area contributed by atoms with Crippen molar-refractivity contribution in [1.82, 2.24) is 10.3 Å². The second-order valence-corrected chi connectivity index (χ2v) is 4.93. The maximum absolute atomic E-state index is 11.3. The summed E-state index contributed by atoms with van der Waals surface area (Å²) in [5.74, 6) is -0.259. The molecule has 0 amide bonds. The number of hydrogen-bond acceptors (Lipinski definition) is 2. The lowest BCUT2D eigenvalue weighted by atomic mass is 9.85. The predicted molar refractivity (Wildman–Crippen MR) is 65.7 cm³/mol. The fraction of sp³-hybridized carbons (Fsp3) is 0.615.